The third kappa shape index (κ3) is 2.68. The Balaban J connectivity index is 2.46. The molecule has 0 aliphatic carbocycles. The molecule has 0 atom stereocenters. The molecule has 1 amide bonds. The van der Waals surface area contributed by atoms with E-state index in [0.717, 1.165) is 0 Å². The molecule has 0 unspecified atom stereocenters. The van der Waals surface area contributed by atoms with Crippen LogP contribution in [0.15, 0.2) is 0 Å². The lowest BCUT2D eigenvalue weighted by Gasteiger charge is -2.35. The predicted molar refractivity (Wildman–Crippen MR) is 50.2 cm³/mol. The molecule has 0 bridgehead atoms. The number of halogens is 1. The van der Waals surface area contributed by atoms with Crippen LogP contribution in [0.4, 0.5) is 4.39 Å². The fourth-order valence-electron chi connectivity index (χ4n) is 1.56. The minimum absolute atomic E-state index is 0.0315. The highest BCUT2D eigenvalue weighted by Gasteiger charge is 2.31. The van der Waals surface area contributed by atoms with E-state index in [1.165, 1.54) is 0 Å². The van der Waals surface area contributed by atoms with E-state index in [1.54, 1.807) is 11.8 Å². The number of carbonyl (C=O) groups excluding carboxylic acids is 1. The van der Waals surface area contributed by atoms with E-state index in [1.807, 2.05) is 13.8 Å². The molecule has 13 heavy (non-hydrogen) atoms. The number of likely N-dealkylation sites (tertiary alicyclic amines) is 1. The van der Waals surface area contributed by atoms with E-state index >= 15 is 0 Å². The van der Waals surface area contributed by atoms with Gasteiger partial charge < -0.3 is 4.90 Å². The van der Waals surface area contributed by atoms with E-state index in [9.17, 15) is 9.18 Å². The molecule has 0 radical (unpaired) electrons. The third-order valence-corrected chi connectivity index (χ3v) is 2.61. The van der Waals surface area contributed by atoms with Crippen LogP contribution in [0, 0.1) is 5.92 Å². The second-order valence-electron chi connectivity index (χ2n) is 4.39. The molecular formula is C10H18FNO. The maximum Gasteiger partial charge on any atom is 0.225 e. The molecule has 0 aromatic heterocycles. The van der Waals surface area contributed by atoms with Gasteiger partial charge in [0.1, 0.15) is 5.67 Å². The summed E-state index contributed by atoms with van der Waals surface area (Å²) in [5.74, 6) is 0.180. The molecule has 0 aromatic rings. The van der Waals surface area contributed by atoms with Gasteiger partial charge in [-0.05, 0) is 19.8 Å². The van der Waals surface area contributed by atoms with Crippen molar-refractivity contribution in [3.63, 3.8) is 0 Å². The lowest BCUT2D eigenvalue weighted by atomic mass is 9.95. The zero-order valence-electron chi connectivity index (χ0n) is 8.64. The maximum absolute atomic E-state index is 13.4. The average molecular weight is 187 g/mol. The first-order chi connectivity index (χ1) is 5.92. The first-order valence-corrected chi connectivity index (χ1v) is 4.90. The molecule has 1 rings (SSSR count). The van der Waals surface area contributed by atoms with E-state index < -0.39 is 5.67 Å². The molecule has 0 saturated carbocycles. The zero-order chi connectivity index (χ0) is 10.1. The Labute approximate surface area is 79.1 Å². The number of amides is 1. The number of hydrogen-bond donors (Lipinski definition) is 0. The van der Waals surface area contributed by atoms with Crippen LogP contribution in [0.5, 0.6) is 0 Å². The Morgan fingerprint density at radius 2 is 1.85 bits per heavy atom. The minimum atomic E-state index is -1.06. The second kappa shape index (κ2) is 3.64. The van der Waals surface area contributed by atoms with Crippen LogP contribution >= 0.6 is 0 Å². The quantitative estimate of drug-likeness (QED) is 0.614. The molecule has 1 heterocycles. The Morgan fingerprint density at radius 1 is 1.38 bits per heavy atom. The van der Waals surface area contributed by atoms with Gasteiger partial charge in [-0.2, -0.15) is 0 Å². The van der Waals surface area contributed by atoms with Crippen molar-refractivity contribution >= 4 is 5.91 Å². The SMILES string of the molecule is CC(C)C(=O)N1CCC(C)(F)CC1. The molecule has 0 spiro atoms. The molecule has 76 valence electrons. The van der Waals surface area contributed by atoms with Crippen LogP contribution in [0.25, 0.3) is 0 Å². The lowest BCUT2D eigenvalue weighted by molar-refractivity contribution is -0.136. The Morgan fingerprint density at radius 3 is 2.23 bits per heavy atom. The first kappa shape index (κ1) is 10.5. The van der Waals surface area contributed by atoms with Gasteiger partial charge in [0, 0.05) is 19.0 Å². The summed E-state index contributed by atoms with van der Waals surface area (Å²) < 4.78 is 13.4. The standard InChI is InChI=1S/C10H18FNO/c1-8(2)9(13)12-6-4-10(3,11)5-7-12/h8H,4-7H2,1-3H3. The van der Waals surface area contributed by atoms with Crippen LogP contribution in [0.1, 0.15) is 33.6 Å². The second-order valence-corrected chi connectivity index (χ2v) is 4.39. The van der Waals surface area contributed by atoms with Crippen molar-refractivity contribution in [2.24, 2.45) is 5.92 Å². The summed E-state index contributed by atoms with van der Waals surface area (Å²) in [6.07, 6.45) is 0.955. The summed E-state index contributed by atoms with van der Waals surface area (Å²) in [7, 11) is 0. The molecule has 2 nitrogen and oxygen atoms in total. The molecule has 3 heteroatoms. The van der Waals surface area contributed by atoms with Gasteiger partial charge in [-0.1, -0.05) is 13.8 Å². The summed E-state index contributed by atoms with van der Waals surface area (Å²) in [6, 6.07) is 0. The highest BCUT2D eigenvalue weighted by molar-refractivity contribution is 5.78. The monoisotopic (exact) mass is 187 g/mol. The number of rotatable bonds is 1. The fraction of sp³-hybridized carbons (Fsp3) is 0.900. The average Bonchev–Trinajstić information content (AvgIpc) is 2.03. The fourth-order valence-corrected chi connectivity index (χ4v) is 1.56. The molecule has 1 aliphatic rings. The van der Waals surface area contributed by atoms with Crippen LogP contribution in [-0.2, 0) is 4.79 Å². The Bertz CT molecular complexity index is 191. The summed E-state index contributed by atoms with van der Waals surface area (Å²) in [5.41, 5.74) is -1.06. The van der Waals surface area contributed by atoms with Crippen molar-refractivity contribution in [3.05, 3.63) is 0 Å². The van der Waals surface area contributed by atoms with Crippen molar-refractivity contribution in [3.8, 4) is 0 Å². The van der Waals surface area contributed by atoms with Crippen molar-refractivity contribution in [1.82, 2.24) is 4.90 Å². The molecule has 1 fully saturated rings. The highest BCUT2D eigenvalue weighted by atomic mass is 19.1. The van der Waals surface area contributed by atoms with Crippen LogP contribution in [0.2, 0.25) is 0 Å². The topological polar surface area (TPSA) is 20.3 Å². The minimum Gasteiger partial charge on any atom is -0.342 e. The van der Waals surface area contributed by atoms with E-state index in [2.05, 4.69) is 0 Å². The van der Waals surface area contributed by atoms with Crippen LogP contribution < -0.4 is 0 Å². The number of alkyl halides is 1. The van der Waals surface area contributed by atoms with Crippen molar-refractivity contribution in [2.45, 2.75) is 39.3 Å². The molecule has 1 aliphatic heterocycles. The maximum atomic E-state index is 13.4. The van der Waals surface area contributed by atoms with Crippen LogP contribution in [-0.4, -0.2) is 29.6 Å². The van der Waals surface area contributed by atoms with Gasteiger partial charge in [0.05, 0.1) is 0 Å². The van der Waals surface area contributed by atoms with Crippen LogP contribution in [0.3, 0.4) is 0 Å². The van der Waals surface area contributed by atoms with Crippen molar-refractivity contribution in [1.29, 1.82) is 0 Å². The molecule has 1 saturated heterocycles. The smallest absolute Gasteiger partial charge is 0.225 e. The number of carbonyl (C=O) groups is 1. The zero-order valence-corrected chi connectivity index (χ0v) is 8.64. The normalized spacial score (nSPS) is 22.1. The van der Waals surface area contributed by atoms with Gasteiger partial charge in [0.2, 0.25) is 5.91 Å². The molecule has 0 N–H and O–H groups in total. The first-order valence-electron chi connectivity index (χ1n) is 4.90. The van der Waals surface area contributed by atoms with Gasteiger partial charge in [0.15, 0.2) is 0 Å². The number of piperidine rings is 1. The van der Waals surface area contributed by atoms with Crippen molar-refractivity contribution < 1.29 is 9.18 Å². The van der Waals surface area contributed by atoms with E-state index in [4.69, 9.17) is 0 Å². The van der Waals surface area contributed by atoms with Gasteiger partial charge in [0.25, 0.3) is 0 Å². The number of nitrogens with zero attached hydrogens (tertiary/aromatic N) is 1. The van der Waals surface area contributed by atoms with Gasteiger partial charge in [-0.15, -0.1) is 0 Å². The van der Waals surface area contributed by atoms with E-state index in [-0.39, 0.29) is 11.8 Å². The predicted octanol–water partition coefficient (Wildman–Crippen LogP) is 1.99. The summed E-state index contributed by atoms with van der Waals surface area (Å²) in [4.78, 5) is 13.3. The molecular weight excluding hydrogens is 169 g/mol. The van der Waals surface area contributed by atoms with E-state index in [0.29, 0.717) is 25.9 Å². The number of hydrogen-bond acceptors (Lipinski definition) is 1. The largest absolute Gasteiger partial charge is 0.342 e. The van der Waals surface area contributed by atoms with Gasteiger partial charge >= 0.3 is 0 Å². The Kier molecular flexibility index (Phi) is 2.94. The van der Waals surface area contributed by atoms with Gasteiger partial charge in [-0.25, -0.2) is 4.39 Å². The summed E-state index contributed by atoms with van der Waals surface area (Å²) >= 11 is 0. The summed E-state index contributed by atoms with van der Waals surface area (Å²) in [6.45, 7) is 6.52. The van der Waals surface area contributed by atoms with Gasteiger partial charge in [-0.3, -0.25) is 4.79 Å². The lowest BCUT2D eigenvalue weighted by Crippen LogP contribution is -2.44. The summed E-state index contributed by atoms with van der Waals surface area (Å²) in [5, 5.41) is 0. The molecule has 0 aromatic carbocycles. The van der Waals surface area contributed by atoms with Crippen molar-refractivity contribution in [2.75, 3.05) is 13.1 Å². The highest BCUT2D eigenvalue weighted by Crippen LogP contribution is 2.26. The Hall–Kier alpha value is -0.600. The third-order valence-electron chi connectivity index (χ3n) is 2.61.